The Morgan fingerprint density at radius 3 is 2.87 bits per heavy atom. The Bertz CT molecular complexity index is 373. The highest BCUT2D eigenvalue weighted by Crippen LogP contribution is 2.30. The smallest absolute Gasteiger partial charge is 0.252 e. The number of nitrogens with one attached hydrogen (secondary N) is 1. The van der Waals surface area contributed by atoms with E-state index in [0.29, 0.717) is 12.1 Å². The second-order valence-electron chi connectivity index (χ2n) is 3.90. The van der Waals surface area contributed by atoms with Crippen LogP contribution < -0.4 is 5.32 Å². The minimum atomic E-state index is -0.650. The molecule has 0 aliphatic heterocycles. The third kappa shape index (κ3) is 2.59. The second kappa shape index (κ2) is 4.23. The molecule has 0 aromatic carbocycles. The molecule has 1 aromatic heterocycles. The van der Waals surface area contributed by atoms with E-state index in [2.05, 4.69) is 21.2 Å². The fraction of sp³-hybridized carbons (Fsp3) is 0.500. The lowest BCUT2D eigenvalue weighted by Gasteiger charge is -2.36. The van der Waals surface area contributed by atoms with Gasteiger partial charge in [0, 0.05) is 11.9 Å². The Labute approximate surface area is 101 Å². The van der Waals surface area contributed by atoms with Crippen molar-refractivity contribution in [3.8, 4) is 0 Å². The molecule has 0 radical (unpaired) electrons. The first kappa shape index (κ1) is 11.1. The average Bonchev–Trinajstić information content (AvgIpc) is 2.58. The maximum atomic E-state index is 11.6. The van der Waals surface area contributed by atoms with Crippen LogP contribution in [0.4, 0.5) is 0 Å². The summed E-state index contributed by atoms with van der Waals surface area (Å²) < 4.78 is 0.940. The van der Waals surface area contributed by atoms with Gasteiger partial charge in [-0.1, -0.05) is 0 Å². The molecule has 1 aliphatic carbocycles. The summed E-state index contributed by atoms with van der Waals surface area (Å²) in [7, 11) is 0. The van der Waals surface area contributed by atoms with Gasteiger partial charge in [0.25, 0.3) is 5.91 Å². The van der Waals surface area contributed by atoms with Crippen molar-refractivity contribution in [2.75, 3.05) is 6.54 Å². The van der Waals surface area contributed by atoms with Gasteiger partial charge in [0.15, 0.2) is 0 Å². The molecule has 82 valence electrons. The molecule has 1 aliphatic rings. The summed E-state index contributed by atoms with van der Waals surface area (Å²) in [5.74, 6) is -0.114. The van der Waals surface area contributed by atoms with E-state index in [0.717, 1.165) is 23.0 Å². The minimum absolute atomic E-state index is 0.114. The molecule has 0 atom stereocenters. The first-order valence-electron chi connectivity index (χ1n) is 4.84. The summed E-state index contributed by atoms with van der Waals surface area (Å²) in [4.78, 5) is 11.6. The number of halogens is 1. The maximum absolute atomic E-state index is 11.6. The van der Waals surface area contributed by atoms with Crippen LogP contribution in [-0.2, 0) is 0 Å². The number of amides is 1. The van der Waals surface area contributed by atoms with E-state index in [9.17, 15) is 9.90 Å². The van der Waals surface area contributed by atoms with Crippen molar-refractivity contribution in [3.63, 3.8) is 0 Å². The van der Waals surface area contributed by atoms with Gasteiger partial charge in [0.2, 0.25) is 0 Å². The molecule has 0 unspecified atom stereocenters. The van der Waals surface area contributed by atoms with Crippen LogP contribution in [-0.4, -0.2) is 23.2 Å². The minimum Gasteiger partial charge on any atom is -0.388 e. The fourth-order valence-electron chi connectivity index (χ4n) is 1.54. The van der Waals surface area contributed by atoms with Gasteiger partial charge >= 0.3 is 0 Å². The van der Waals surface area contributed by atoms with E-state index in [1.54, 1.807) is 11.4 Å². The van der Waals surface area contributed by atoms with Crippen molar-refractivity contribution in [2.24, 2.45) is 0 Å². The molecule has 3 nitrogen and oxygen atoms in total. The highest BCUT2D eigenvalue weighted by molar-refractivity contribution is 9.11. The lowest BCUT2D eigenvalue weighted by molar-refractivity contribution is -0.0300. The largest absolute Gasteiger partial charge is 0.388 e. The van der Waals surface area contributed by atoms with Gasteiger partial charge in [-0.3, -0.25) is 4.79 Å². The summed E-state index contributed by atoms with van der Waals surface area (Å²) in [5.41, 5.74) is -0.00193. The molecule has 0 bridgehead atoms. The zero-order valence-corrected chi connectivity index (χ0v) is 10.5. The molecule has 0 spiro atoms. The summed E-state index contributed by atoms with van der Waals surface area (Å²) in [6.45, 7) is 0.360. The Hall–Kier alpha value is -0.390. The van der Waals surface area contributed by atoms with Crippen molar-refractivity contribution >= 4 is 33.2 Å². The highest BCUT2D eigenvalue weighted by Gasteiger charge is 2.34. The SMILES string of the molecule is O=C(NCC1(O)CCC1)c1csc(Br)c1. The van der Waals surface area contributed by atoms with E-state index in [1.807, 2.05) is 0 Å². The summed E-state index contributed by atoms with van der Waals surface area (Å²) >= 11 is 4.78. The van der Waals surface area contributed by atoms with Crippen LogP contribution in [0.15, 0.2) is 15.2 Å². The van der Waals surface area contributed by atoms with Gasteiger partial charge in [-0.05, 0) is 41.3 Å². The average molecular weight is 290 g/mol. The Balaban J connectivity index is 1.87. The van der Waals surface area contributed by atoms with Gasteiger partial charge in [-0.2, -0.15) is 0 Å². The molecular formula is C10H12BrNO2S. The van der Waals surface area contributed by atoms with Gasteiger partial charge in [-0.25, -0.2) is 0 Å². The Kier molecular flexibility index (Phi) is 3.13. The molecule has 5 heteroatoms. The summed E-state index contributed by atoms with van der Waals surface area (Å²) in [6.07, 6.45) is 2.64. The van der Waals surface area contributed by atoms with Crippen molar-refractivity contribution < 1.29 is 9.90 Å². The molecule has 2 rings (SSSR count). The fourth-order valence-corrected chi connectivity index (χ4v) is 2.67. The van der Waals surface area contributed by atoms with Crippen molar-refractivity contribution in [1.29, 1.82) is 0 Å². The lowest BCUT2D eigenvalue weighted by atomic mass is 9.80. The van der Waals surface area contributed by atoms with Crippen LogP contribution in [0.25, 0.3) is 0 Å². The third-order valence-corrected chi connectivity index (χ3v) is 4.20. The highest BCUT2D eigenvalue weighted by atomic mass is 79.9. The number of hydrogen-bond donors (Lipinski definition) is 2. The van der Waals surface area contributed by atoms with Crippen LogP contribution in [0.5, 0.6) is 0 Å². The summed E-state index contributed by atoms with van der Waals surface area (Å²) in [6, 6.07) is 1.78. The van der Waals surface area contributed by atoms with Gasteiger partial charge in [0.05, 0.1) is 15.0 Å². The van der Waals surface area contributed by atoms with Gasteiger partial charge in [0.1, 0.15) is 0 Å². The zero-order valence-electron chi connectivity index (χ0n) is 8.12. The summed E-state index contributed by atoms with van der Waals surface area (Å²) in [5, 5.41) is 14.3. The molecule has 15 heavy (non-hydrogen) atoms. The Morgan fingerprint density at radius 2 is 2.40 bits per heavy atom. The van der Waals surface area contributed by atoms with Crippen LogP contribution in [0.3, 0.4) is 0 Å². The molecule has 1 saturated carbocycles. The number of carbonyl (C=O) groups excluding carboxylic acids is 1. The number of hydrogen-bond acceptors (Lipinski definition) is 3. The van der Waals surface area contributed by atoms with Crippen LogP contribution in [0.2, 0.25) is 0 Å². The van der Waals surface area contributed by atoms with Gasteiger partial charge in [-0.15, -0.1) is 11.3 Å². The predicted molar refractivity (Wildman–Crippen MR) is 63.2 cm³/mol. The first-order valence-corrected chi connectivity index (χ1v) is 6.51. The predicted octanol–water partition coefficient (Wildman–Crippen LogP) is 2.16. The van der Waals surface area contributed by atoms with Crippen LogP contribution >= 0.6 is 27.3 Å². The topological polar surface area (TPSA) is 49.3 Å². The monoisotopic (exact) mass is 289 g/mol. The third-order valence-electron chi connectivity index (χ3n) is 2.69. The molecule has 2 N–H and O–H groups in total. The molecular weight excluding hydrogens is 278 g/mol. The molecule has 1 aromatic rings. The van der Waals surface area contributed by atoms with E-state index in [4.69, 9.17) is 0 Å². The van der Waals surface area contributed by atoms with Crippen molar-refractivity contribution in [1.82, 2.24) is 5.32 Å². The standard InChI is InChI=1S/C10H12BrNO2S/c11-8-4-7(5-15-8)9(13)12-6-10(14)2-1-3-10/h4-5,14H,1-3,6H2,(H,12,13). The van der Waals surface area contributed by atoms with E-state index in [1.165, 1.54) is 11.3 Å². The molecule has 1 heterocycles. The first-order chi connectivity index (χ1) is 7.09. The Morgan fingerprint density at radius 1 is 1.67 bits per heavy atom. The maximum Gasteiger partial charge on any atom is 0.252 e. The van der Waals surface area contributed by atoms with Crippen LogP contribution in [0.1, 0.15) is 29.6 Å². The number of thiophene rings is 1. The number of carbonyl (C=O) groups is 1. The van der Waals surface area contributed by atoms with Gasteiger partial charge < -0.3 is 10.4 Å². The van der Waals surface area contributed by atoms with E-state index >= 15 is 0 Å². The van der Waals surface area contributed by atoms with Crippen molar-refractivity contribution in [2.45, 2.75) is 24.9 Å². The molecule has 1 fully saturated rings. The van der Waals surface area contributed by atoms with E-state index in [-0.39, 0.29) is 5.91 Å². The molecule has 0 saturated heterocycles. The van der Waals surface area contributed by atoms with E-state index < -0.39 is 5.60 Å². The number of rotatable bonds is 3. The second-order valence-corrected chi connectivity index (χ2v) is 6.19. The zero-order chi connectivity index (χ0) is 10.9. The van der Waals surface area contributed by atoms with Crippen molar-refractivity contribution in [3.05, 3.63) is 20.8 Å². The normalized spacial score (nSPS) is 18.3. The number of aliphatic hydroxyl groups is 1. The lowest BCUT2D eigenvalue weighted by Crippen LogP contribution is -2.47. The van der Waals surface area contributed by atoms with Crippen LogP contribution in [0, 0.1) is 0 Å². The quantitative estimate of drug-likeness (QED) is 0.896. The molecule has 1 amide bonds.